The van der Waals surface area contributed by atoms with Crippen molar-refractivity contribution in [3.63, 3.8) is 0 Å². The molecule has 1 amide bonds. The maximum Gasteiger partial charge on any atom is 0.328 e. The number of amides is 1. The third-order valence-electron chi connectivity index (χ3n) is 2.57. The molecule has 9 heteroatoms. The summed E-state index contributed by atoms with van der Waals surface area (Å²) in [6.07, 6.45) is 1.32. The smallest absolute Gasteiger partial charge is 0.328 e. The number of nitrogens with zero attached hydrogens (tertiary/aromatic N) is 4. The van der Waals surface area contributed by atoms with E-state index in [-0.39, 0.29) is 25.0 Å². The average molecular weight is 269 g/mol. The SMILES string of the molecule is Nc1ncn(CC(=O)OCC(=O)N2CCOCC2)n1. The third-order valence-corrected chi connectivity index (χ3v) is 2.57. The normalized spacial score (nSPS) is 15.3. The van der Waals surface area contributed by atoms with Crippen molar-refractivity contribution in [2.45, 2.75) is 6.54 Å². The summed E-state index contributed by atoms with van der Waals surface area (Å²) in [7, 11) is 0. The number of hydrogen-bond donors (Lipinski definition) is 1. The van der Waals surface area contributed by atoms with Crippen molar-refractivity contribution in [3.05, 3.63) is 6.33 Å². The van der Waals surface area contributed by atoms with E-state index in [1.165, 1.54) is 11.0 Å². The van der Waals surface area contributed by atoms with E-state index in [1.54, 1.807) is 4.90 Å². The van der Waals surface area contributed by atoms with Crippen molar-refractivity contribution in [1.29, 1.82) is 0 Å². The highest BCUT2D eigenvalue weighted by atomic mass is 16.5. The number of nitrogen functional groups attached to an aromatic ring is 1. The topological polar surface area (TPSA) is 113 Å². The van der Waals surface area contributed by atoms with Crippen molar-refractivity contribution >= 4 is 17.8 Å². The molecule has 1 aliphatic rings. The van der Waals surface area contributed by atoms with Crippen molar-refractivity contribution in [2.75, 3.05) is 38.6 Å². The quantitative estimate of drug-likeness (QED) is 0.646. The molecular weight excluding hydrogens is 254 g/mol. The van der Waals surface area contributed by atoms with Gasteiger partial charge in [0.15, 0.2) is 6.61 Å². The summed E-state index contributed by atoms with van der Waals surface area (Å²) in [6, 6.07) is 0. The number of aromatic nitrogens is 3. The lowest BCUT2D eigenvalue weighted by Crippen LogP contribution is -2.42. The van der Waals surface area contributed by atoms with Crippen LogP contribution < -0.4 is 5.73 Å². The van der Waals surface area contributed by atoms with Gasteiger partial charge in [-0.2, -0.15) is 0 Å². The number of nitrogens with two attached hydrogens (primary N) is 1. The molecule has 0 atom stereocenters. The molecule has 9 nitrogen and oxygen atoms in total. The fraction of sp³-hybridized carbons (Fsp3) is 0.600. The fourth-order valence-electron chi connectivity index (χ4n) is 1.61. The number of rotatable bonds is 4. The zero-order chi connectivity index (χ0) is 13.7. The second kappa shape index (κ2) is 6.14. The third kappa shape index (κ3) is 3.91. The predicted octanol–water partition coefficient (Wildman–Crippen LogP) is -1.74. The van der Waals surface area contributed by atoms with E-state index >= 15 is 0 Å². The Morgan fingerprint density at radius 1 is 1.42 bits per heavy atom. The summed E-state index contributed by atoms with van der Waals surface area (Å²) < 4.78 is 11.2. The maximum absolute atomic E-state index is 11.7. The first-order valence-corrected chi connectivity index (χ1v) is 5.81. The first kappa shape index (κ1) is 13.3. The van der Waals surface area contributed by atoms with Crippen molar-refractivity contribution in [2.24, 2.45) is 0 Å². The van der Waals surface area contributed by atoms with E-state index in [0.717, 1.165) is 0 Å². The molecule has 0 spiro atoms. The zero-order valence-electron chi connectivity index (χ0n) is 10.3. The zero-order valence-corrected chi connectivity index (χ0v) is 10.3. The molecule has 0 bridgehead atoms. The molecule has 2 rings (SSSR count). The van der Waals surface area contributed by atoms with Crippen LogP contribution in [-0.4, -0.2) is 64.5 Å². The number of anilines is 1. The lowest BCUT2D eigenvalue weighted by atomic mass is 10.4. The molecule has 104 valence electrons. The van der Waals surface area contributed by atoms with Gasteiger partial charge in [-0.05, 0) is 0 Å². The summed E-state index contributed by atoms with van der Waals surface area (Å²) in [5.41, 5.74) is 5.31. The van der Waals surface area contributed by atoms with Crippen LogP contribution in [0.4, 0.5) is 5.95 Å². The molecule has 2 N–H and O–H groups in total. The van der Waals surface area contributed by atoms with Gasteiger partial charge in [0.05, 0.1) is 13.2 Å². The molecule has 0 aromatic carbocycles. The molecular formula is C10H15N5O4. The Hall–Kier alpha value is -2.16. The summed E-state index contributed by atoms with van der Waals surface area (Å²) in [4.78, 5) is 28.4. The van der Waals surface area contributed by atoms with Crippen LogP contribution in [0.15, 0.2) is 6.33 Å². The van der Waals surface area contributed by atoms with E-state index < -0.39 is 5.97 Å². The van der Waals surface area contributed by atoms with Crippen molar-refractivity contribution in [3.8, 4) is 0 Å². The first-order valence-electron chi connectivity index (χ1n) is 5.81. The molecule has 0 saturated carbocycles. The van der Waals surface area contributed by atoms with Gasteiger partial charge in [-0.25, -0.2) is 9.67 Å². The van der Waals surface area contributed by atoms with Gasteiger partial charge in [0.2, 0.25) is 5.95 Å². The molecule has 1 saturated heterocycles. The lowest BCUT2D eigenvalue weighted by Gasteiger charge is -2.26. The molecule has 19 heavy (non-hydrogen) atoms. The van der Waals surface area contributed by atoms with Gasteiger partial charge in [0.25, 0.3) is 5.91 Å². The molecule has 2 heterocycles. The Morgan fingerprint density at radius 3 is 2.79 bits per heavy atom. The molecule has 1 aromatic heterocycles. The number of morpholine rings is 1. The van der Waals surface area contributed by atoms with Crippen molar-refractivity contribution in [1.82, 2.24) is 19.7 Å². The van der Waals surface area contributed by atoms with Crippen LogP contribution in [0.3, 0.4) is 0 Å². The summed E-state index contributed by atoms with van der Waals surface area (Å²) in [6.45, 7) is 1.67. The second-order valence-electron chi connectivity index (χ2n) is 3.95. The maximum atomic E-state index is 11.7. The lowest BCUT2D eigenvalue weighted by molar-refractivity contribution is -0.154. The second-order valence-corrected chi connectivity index (χ2v) is 3.95. The van der Waals surface area contributed by atoms with Gasteiger partial charge < -0.3 is 20.1 Å². The summed E-state index contributed by atoms with van der Waals surface area (Å²) >= 11 is 0. The Balaban J connectivity index is 1.72. The highest BCUT2D eigenvalue weighted by Crippen LogP contribution is 1.98. The number of esters is 1. The Labute approximate surface area is 109 Å². The standard InChI is InChI=1S/C10H15N5O4/c11-10-12-7-15(13-10)5-9(17)19-6-8(16)14-1-3-18-4-2-14/h7H,1-6H2,(H2,11,13). The van der Waals surface area contributed by atoms with E-state index in [4.69, 9.17) is 15.2 Å². The van der Waals surface area contributed by atoms with Gasteiger partial charge in [-0.1, -0.05) is 0 Å². The number of ether oxygens (including phenoxy) is 2. The molecule has 0 radical (unpaired) electrons. The van der Waals surface area contributed by atoms with Gasteiger partial charge in [-0.3, -0.25) is 9.59 Å². The van der Waals surface area contributed by atoms with Gasteiger partial charge in [0.1, 0.15) is 12.9 Å². The summed E-state index contributed by atoms with van der Waals surface area (Å²) in [5.74, 6) is -0.710. The number of hydrogen-bond acceptors (Lipinski definition) is 7. The minimum Gasteiger partial charge on any atom is -0.454 e. The van der Waals surface area contributed by atoms with Gasteiger partial charge in [-0.15, -0.1) is 5.10 Å². The largest absolute Gasteiger partial charge is 0.454 e. The van der Waals surface area contributed by atoms with Crippen LogP contribution in [-0.2, 0) is 25.6 Å². The predicted molar refractivity (Wildman–Crippen MR) is 62.8 cm³/mol. The van der Waals surface area contributed by atoms with Crippen LogP contribution in [0.5, 0.6) is 0 Å². The molecule has 1 aromatic rings. The number of carbonyl (C=O) groups excluding carboxylic acids is 2. The van der Waals surface area contributed by atoms with E-state index in [0.29, 0.717) is 26.3 Å². The highest BCUT2D eigenvalue weighted by Gasteiger charge is 2.18. The van der Waals surface area contributed by atoms with E-state index in [9.17, 15) is 9.59 Å². The van der Waals surface area contributed by atoms with Crippen LogP contribution >= 0.6 is 0 Å². The summed E-state index contributed by atoms with van der Waals surface area (Å²) in [5, 5.41) is 3.74. The van der Waals surface area contributed by atoms with Crippen LogP contribution in [0, 0.1) is 0 Å². The molecule has 0 unspecified atom stereocenters. The van der Waals surface area contributed by atoms with E-state index in [2.05, 4.69) is 10.1 Å². The minimum absolute atomic E-state index is 0.0807. The Kier molecular flexibility index (Phi) is 4.29. The first-order chi connectivity index (χ1) is 9.15. The molecule has 1 fully saturated rings. The highest BCUT2D eigenvalue weighted by molar-refractivity contribution is 5.80. The Bertz CT molecular complexity index is 455. The van der Waals surface area contributed by atoms with Crippen LogP contribution in [0.25, 0.3) is 0 Å². The van der Waals surface area contributed by atoms with Gasteiger partial charge >= 0.3 is 5.97 Å². The van der Waals surface area contributed by atoms with E-state index in [1.807, 2.05) is 0 Å². The van der Waals surface area contributed by atoms with Gasteiger partial charge in [0, 0.05) is 13.1 Å². The average Bonchev–Trinajstić information content (AvgIpc) is 2.82. The minimum atomic E-state index is -0.563. The molecule has 1 aliphatic heterocycles. The number of carbonyl (C=O) groups is 2. The monoisotopic (exact) mass is 269 g/mol. The van der Waals surface area contributed by atoms with Crippen LogP contribution in [0.1, 0.15) is 0 Å². The molecule has 0 aliphatic carbocycles. The van der Waals surface area contributed by atoms with Crippen LogP contribution in [0.2, 0.25) is 0 Å². The Morgan fingerprint density at radius 2 is 2.16 bits per heavy atom. The van der Waals surface area contributed by atoms with Crippen molar-refractivity contribution < 1.29 is 19.1 Å². The fourth-order valence-corrected chi connectivity index (χ4v) is 1.61.